The van der Waals surface area contributed by atoms with Crippen LogP contribution in [0.5, 0.6) is 0 Å². The van der Waals surface area contributed by atoms with E-state index in [-0.39, 0.29) is 11.8 Å². The van der Waals surface area contributed by atoms with Crippen LogP contribution in [0.3, 0.4) is 0 Å². The van der Waals surface area contributed by atoms with Gasteiger partial charge in [0.05, 0.1) is 7.11 Å². The summed E-state index contributed by atoms with van der Waals surface area (Å²) in [6.45, 7) is 0.599. The molecule has 0 spiro atoms. The number of carbonyl (C=O) groups excluding carboxylic acids is 1. The van der Waals surface area contributed by atoms with Crippen LogP contribution in [0.25, 0.3) is 0 Å². The lowest BCUT2D eigenvalue weighted by Gasteiger charge is -2.28. The van der Waals surface area contributed by atoms with E-state index in [1.165, 1.54) is 13.5 Å². The Kier molecular flexibility index (Phi) is 4.18. The van der Waals surface area contributed by atoms with Crippen molar-refractivity contribution in [3.63, 3.8) is 0 Å². The highest BCUT2D eigenvalue weighted by Crippen LogP contribution is 2.29. The third-order valence-electron chi connectivity index (χ3n) is 2.75. The minimum absolute atomic E-state index is 0.0161. The largest absolute Gasteiger partial charge is 0.330 e. The van der Waals surface area contributed by atoms with Crippen molar-refractivity contribution in [3.05, 3.63) is 0 Å². The second kappa shape index (κ2) is 5.19. The SMILES string of the molecule is CONC(=O)C1CCCCC1CN. The number of hydroxylamine groups is 1. The molecule has 3 N–H and O–H groups in total. The second-order valence-corrected chi connectivity index (χ2v) is 3.56. The molecule has 1 aliphatic carbocycles. The fourth-order valence-electron chi connectivity index (χ4n) is 2.01. The van der Waals surface area contributed by atoms with Crippen LogP contribution in [0.1, 0.15) is 25.7 Å². The van der Waals surface area contributed by atoms with E-state index >= 15 is 0 Å². The molecule has 2 unspecified atom stereocenters. The van der Waals surface area contributed by atoms with Crippen LogP contribution < -0.4 is 11.2 Å². The van der Waals surface area contributed by atoms with Crippen molar-refractivity contribution in [1.29, 1.82) is 0 Å². The Bertz CT molecular complexity index is 173. The summed E-state index contributed by atoms with van der Waals surface area (Å²) >= 11 is 0. The van der Waals surface area contributed by atoms with E-state index in [0.717, 1.165) is 19.3 Å². The number of carbonyl (C=O) groups is 1. The van der Waals surface area contributed by atoms with E-state index < -0.39 is 0 Å². The Morgan fingerprint density at radius 3 is 2.85 bits per heavy atom. The van der Waals surface area contributed by atoms with E-state index in [1.807, 2.05) is 0 Å². The number of hydrogen-bond donors (Lipinski definition) is 2. The van der Waals surface area contributed by atoms with Crippen molar-refractivity contribution >= 4 is 5.91 Å². The van der Waals surface area contributed by atoms with Gasteiger partial charge >= 0.3 is 0 Å². The van der Waals surface area contributed by atoms with Crippen LogP contribution in [-0.2, 0) is 9.63 Å². The predicted molar refractivity (Wildman–Crippen MR) is 49.7 cm³/mol. The topological polar surface area (TPSA) is 64.3 Å². The molecule has 4 heteroatoms. The van der Waals surface area contributed by atoms with Crippen molar-refractivity contribution in [2.75, 3.05) is 13.7 Å². The van der Waals surface area contributed by atoms with Gasteiger partial charge in [-0.05, 0) is 25.3 Å². The molecule has 0 aromatic carbocycles. The lowest BCUT2D eigenvalue weighted by atomic mass is 9.79. The zero-order valence-corrected chi connectivity index (χ0v) is 8.08. The van der Waals surface area contributed by atoms with Gasteiger partial charge in [-0.1, -0.05) is 12.8 Å². The summed E-state index contributed by atoms with van der Waals surface area (Å²) in [6.07, 6.45) is 4.33. The summed E-state index contributed by atoms with van der Waals surface area (Å²) in [6, 6.07) is 0. The van der Waals surface area contributed by atoms with Gasteiger partial charge in [0, 0.05) is 5.92 Å². The van der Waals surface area contributed by atoms with Gasteiger partial charge in [-0.25, -0.2) is 5.48 Å². The Balaban J connectivity index is 2.48. The number of nitrogens with two attached hydrogens (primary N) is 1. The highest BCUT2D eigenvalue weighted by molar-refractivity contribution is 5.78. The fraction of sp³-hybridized carbons (Fsp3) is 0.889. The van der Waals surface area contributed by atoms with Gasteiger partial charge < -0.3 is 5.73 Å². The van der Waals surface area contributed by atoms with Crippen LogP contribution in [0.15, 0.2) is 0 Å². The number of amides is 1. The van der Waals surface area contributed by atoms with E-state index in [9.17, 15) is 4.79 Å². The summed E-state index contributed by atoms with van der Waals surface area (Å²) in [4.78, 5) is 16.1. The molecule has 0 aromatic heterocycles. The highest BCUT2D eigenvalue weighted by Gasteiger charge is 2.29. The average Bonchev–Trinajstić information content (AvgIpc) is 2.18. The van der Waals surface area contributed by atoms with Crippen LogP contribution in [0.4, 0.5) is 0 Å². The minimum Gasteiger partial charge on any atom is -0.330 e. The highest BCUT2D eigenvalue weighted by atomic mass is 16.6. The first-order valence-electron chi connectivity index (χ1n) is 4.82. The van der Waals surface area contributed by atoms with Crippen LogP contribution in [0.2, 0.25) is 0 Å². The molecule has 1 aliphatic rings. The lowest BCUT2D eigenvalue weighted by molar-refractivity contribution is -0.138. The first-order valence-corrected chi connectivity index (χ1v) is 4.82. The molecule has 1 amide bonds. The van der Waals surface area contributed by atoms with Gasteiger partial charge in [0.1, 0.15) is 0 Å². The monoisotopic (exact) mass is 186 g/mol. The van der Waals surface area contributed by atoms with Crippen molar-refractivity contribution in [1.82, 2.24) is 5.48 Å². The third kappa shape index (κ3) is 2.67. The zero-order chi connectivity index (χ0) is 9.68. The van der Waals surface area contributed by atoms with Crippen molar-refractivity contribution in [3.8, 4) is 0 Å². The van der Waals surface area contributed by atoms with Crippen molar-refractivity contribution in [2.24, 2.45) is 17.6 Å². The molecular weight excluding hydrogens is 168 g/mol. The molecule has 1 rings (SSSR count). The molecule has 0 aliphatic heterocycles. The molecule has 13 heavy (non-hydrogen) atoms. The average molecular weight is 186 g/mol. The van der Waals surface area contributed by atoms with Crippen molar-refractivity contribution in [2.45, 2.75) is 25.7 Å². The van der Waals surface area contributed by atoms with E-state index in [4.69, 9.17) is 5.73 Å². The maximum Gasteiger partial charge on any atom is 0.246 e. The second-order valence-electron chi connectivity index (χ2n) is 3.56. The molecule has 0 heterocycles. The summed E-state index contributed by atoms with van der Waals surface area (Å²) < 4.78 is 0. The predicted octanol–water partition coefficient (Wildman–Crippen LogP) is 0.429. The van der Waals surface area contributed by atoms with Gasteiger partial charge in [-0.2, -0.15) is 0 Å². The molecule has 76 valence electrons. The van der Waals surface area contributed by atoms with E-state index in [1.54, 1.807) is 0 Å². The molecule has 2 atom stereocenters. The summed E-state index contributed by atoms with van der Waals surface area (Å²) in [7, 11) is 1.46. The van der Waals surface area contributed by atoms with Gasteiger partial charge in [-0.15, -0.1) is 0 Å². The molecule has 0 aromatic rings. The zero-order valence-electron chi connectivity index (χ0n) is 8.08. The number of rotatable bonds is 3. The summed E-state index contributed by atoms with van der Waals surface area (Å²) in [5, 5.41) is 0. The molecule has 0 radical (unpaired) electrons. The first kappa shape index (κ1) is 10.5. The molecule has 0 saturated heterocycles. The third-order valence-corrected chi connectivity index (χ3v) is 2.75. The molecule has 1 saturated carbocycles. The summed E-state index contributed by atoms with van der Waals surface area (Å²) in [5.41, 5.74) is 7.99. The first-order chi connectivity index (χ1) is 6.29. The molecular formula is C9H18N2O2. The van der Waals surface area contributed by atoms with Crippen LogP contribution in [-0.4, -0.2) is 19.6 Å². The van der Waals surface area contributed by atoms with Crippen LogP contribution >= 0.6 is 0 Å². The Labute approximate surface area is 78.8 Å². The van der Waals surface area contributed by atoms with Gasteiger partial charge in [0.25, 0.3) is 0 Å². The van der Waals surface area contributed by atoms with E-state index in [2.05, 4.69) is 10.3 Å². The maximum absolute atomic E-state index is 11.5. The van der Waals surface area contributed by atoms with Crippen molar-refractivity contribution < 1.29 is 9.63 Å². The van der Waals surface area contributed by atoms with Crippen LogP contribution in [0, 0.1) is 11.8 Å². The van der Waals surface area contributed by atoms with Gasteiger partial charge in [-0.3, -0.25) is 9.63 Å². The minimum atomic E-state index is -0.0161. The maximum atomic E-state index is 11.5. The number of hydrogen-bond acceptors (Lipinski definition) is 3. The lowest BCUT2D eigenvalue weighted by Crippen LogP contribution is -2.38. The normalized spacial score (nSPS) is 28.5. The molecule has 4 nitrogen and oxygen atoms in total. The Hall–Kier alpha value is -0.610. The fourth-order valence-corrected chi connectivity index (χ4v) is 2.01. The van der Waals surface area contributed by atoms with Gasteiger partial charge in [0.15, 0.2) is 0 Å². The Morgan fingerprint density at radius 2 is 2.23 bits per heavy atom. The van der Waals surface area contributed by atoms with Gasteiger partial charge in [0.2, 0.25) is 5.91 Å². The summed E-state index contributed by atoms with van der Waals surface area (Å²) in [5.74, 6) is 0.375. The smallest absolute Gasteiger partial charge is 0.246 e. The number of nitrogens with one attached hydrogen (secondary N) is 1. The van der Waals surface area contributed by atoms with E-state index in [0.29, 0.717) is 12.5 Å². The molecule has 1 fully saturated rings. The Morgan fingerprint density at radius 1 is 1.54 bits per heavy atom. The standard InChI is InChI=1S/C9H18N2O2/c1-13-11-9(12)8-5-3-2-4-7(8)6-10/h7-8H,2-6,10H2,1H3,(H,11,12). The molecule has 0 bridgehead atoms. The quantitative estimate of drug-likeness (QED) is 0.628.